The van der Waals surface area contributed by atoms with Gasteiger partial charge in [-0.2, -0.15) is 4.72 Å². The summed E-state index contributed by atoms with van der Waals surface area (Å²) in [6.07, 6.45) is 2.71. The van der Waals surface area contributed by atoms with Gasteiger partial charge in [0.25, 0.3) is 0 Å². The third-order valence-electron chi connectivity index (χ3n) is 2.40. The van der Waals surface area contributed by atoms with Crippen LogP contribution in [0.25, 0.3) is 0 Å². The summed E-state index contributed by atoms with van der Waals surface area (Å²) in [5.41, 5.74) is 0. The van der Waals surface area contributed by atoms with Gasteiger partial charge in [-0.15, -0.1) is 0 Å². The molecule has 0 aliphatic heterocycles. The molecule has 1 heterocycles. The predicted molar refractivity (Wildman–Crippen MR) is 79.6 cm³/mol. The second kappa shape index (κ2) is 7.14. The molecule has 6 nitrogen and oxygen atoms in total. The third-order valence-corrected chi connectivity index (χ3v) is 4.34. The molecule has 20 heavy (non-hydrogen) atoms. The Bertz CT molecular complexity index is 575. The Kier molecular flexibility index (Phi) is 6.09. The molecule has 1 atom stereocenters. The van der Waals surface area contributed by atoms with Crippen LogP contribution in [0, 0.1) is 5.92 Å². The number of carbonyl (C=O) groups excluding carboxylic acids is 1. The van der Waals surface area contributed by atoms with Crippen LogP contribution in [0.2, 0.25) is 0 Å². The smallest absolute Gasteiger partial charge is 0.242 e. The van der Waals surface area contributed by atoms with Crippen molar-refractivity contribution in [2.24, 2.45) is 5.92 Å². The van der Waals surface area contributed by atoms with Crippen LogP contribution in [0.5, 0.6) is 0 Å². The summed E-state index contributed by atoms with van der Waals surface area (Å²) in [5.74, 6) is -0.0535. The molecule has 0 aromatic carbocycles. The van der Waals surface area contributed by atoms with Crippen LogP contribution in [0.1, 0.15) is 20.8 Å². The second-order valence-electron chi connectivity index (χ2n) is 4.82. The van der Waals surface area contributed by atoms with E-state index in [2.05, 4.69) is 31.0 Å². The fraction of sp³-hybridized carbons (Fsp3) is 0.500. The fourth-order valence-corrected chi connectivity index (χ4v) is 3.06. The highest BCUT2D eigenvalue weighted by molar-refractivity contribution is 9.10. The van der Waals surface area contributed by atoms with Gasteiger partial charge in [0.05, 0.1) is 6.04 Å². The SMILES string of the molecule is CC(C)CNC(=O)C(C)NS(=O)(=O)c1cncc(Br)c1. The second-order valence-corrected chi connectivity index (χ2v) is 7.45. The minimum atomic E-state index is -3.77. The summed E-state index contributed by atoms with van der Waals surface area (Å²) in [4.78, 5) is 15.6. The van der Waals surface area contributed by atoms with Crippen molar-refractivity contribution >= 4 is 31.9 Å². The van der Waals surface area contributed by atoms with Crippen molar-refractivity contribution in [3.05, 3.63) is 22.9 Å². The molecule has 0 radical (unpaired) electrons. The predicted octanol–water partition coefficient (Wildman–Crippen LogP) is 1.28. The number of halogens is 1. The van der Waals surface area contributed by atoms with Crippen LogP contribution < -0.4 is 10.0 Å². The van der Waals surface area contributed by atoms with Gasteiger partial charge in [0.1, 0.15) is 4.90 Å². The number of pyridine rings is 1. The van der Waals surface area contributed by atoms with Gasteiger partial charge < -0.3 is 5.32 Å². The molecule has 1 aromatic rings. The molecule has 1 amide bonds. The Balaban J connectivity index is 2.73. The lowest BCUT2D eigenvalue weighted by Crippen LogP contribution is -2.45. The first-order valence-electron chi connectivity index (χ1n) is 6.13. The molecule has 0 fully saturated rings. The van der Waals surface area contributed by atoms with E-state index in [1.807, 2.05) is 13.8 Å². The first-order valence-corrected chi connectivity index (χ1v) is 8.40. The van der Waals surface area contributed by atoms with Crippen molar-refractivity contribution < 1.29 is 13.2 Å². The van der Waals surface area contributed by atoms with Crippen LogP contribution >= 0.6 is 15.9 Å². The molecule has 1 unspecified atom stereocenters. The van der Waals surface area contributed by atoms with Gasteiger partial charge in [-0.25, -0.2) is 8.42 Å². The van der Waals surface area contributed by atoms with Crippen LogP contribution in [0.3, 0.4) is 0 Å². The molecule has 0 aliphatic carbocycles. The number of hydrogen-bond donors (Lipinski definition) is 2. The highest BCUT2D eigenvalue weighted by Crippen LogP contribution is 2.14. The summed E-state index contributed by atoms with van der Waals surface area (Å²) in [7, 11) is -3.77. The number of sulfonamides is 1. The van der Waals surface area contributed by atoms with Crippen molar-refractivity contribution in [1.29, 1.82) is 0 Å². The summed E-state index contributed by atoms with van der Waals surface area (Å²) in [6, 6.07) is 0.575. The van der Waals surface area contributed by atoms with Crippen LogP contribution in [0.15, 0.2) is 27.8 Å². The topological polar surface area (TPSA) is 88.2 Å². The molecule has 112 valence electrons. The minimum Gasteiger partial charge on any atom is -0.354 e. The molecule has 0 spiro atoms. The lowest BCUT2D eigenvalue weighted by molar-refractivity contribution is -0.122. The van der Waals surface area contributed by atoms with Gasteiger partial charge in [-0.1, -0.05) is 13.8 Å². The highest BCUT2D eigenvalue weighted by atomic mass is 79.9. The van der Waals surface area contributed by atoms with E-state index in [-0.39, 0.29) is 10.8 Å². The first-order chi connectivity index (χ1) is 9.22. The molecule has 0 saturated heterocycles. The zero-order chi connectivity index (χ0) is 15.3. The molecule has 0 bridgehead atoms. The molecular formula is C12H18BrN3O3S. The Labute approximate surface area is 127 Å². The Morgan fingerprint density at radius 1 is 1.35 bits per heavy atom. The van der Waals surface area contributed by atoms with Crippen LogP contribution in [0.4, 0.5) is 0 Å². The molecule has 8 heteroatoms. The molecule has 1 rings (SSSR count). The maximum absolute atomic E-state index is 12.1. The van der Waals surface area contributed by atoms with E-state index in [0.29, 0.717) is 16.9 Å². The normalized spacial score (nSPS) is 13.2. The van der Waals surface area contributed by atoms with Crippen molar-refractivity contribution in [2.75, 3.05) is 6.54 Å². The Morgan fingerprint density at radius 3 is 2.55 bits per heavy atom. The number of nitrogens with one attached hydrogen (secondary N) is 2. The van der Waals surface area contributed by atoms with E-state index in [4.69, 9.17) is 0 Å². The van der Waals surface area contributed by atoms with Gasteiger partial charge in [-0.3, -0.25) is 9.78 Å². The van der Waals surface area contributed by atoms with Crippen LogP contribution in [-0.2, 0) is 14.8 Å². The van der Waals surface area contributed by atoms with Crippen LogP contribution in [-0.4, -0.2) is 31.9 Å². The summed E-state index contributed by atoms with van der Waals surface area (Å²) in [5, 5.41) is 2.68. The number of hydrogen-bond acceptors (Lipinski definition) is 4. The molecule has 2 N–H and O–H groups in total. The molecule has 0 saturated carbocycles. The summed E-state index contributed by atoms with van der Waals surface area (Å²) >= 11 is 3.16. The van der Waals surface area contributed by atoms with Gasteiger partial charge in [0.2, 0.25) is 15.9 Å². The van der Waals surface area contributed by atoms with E-state index in [9.17, 15) is 13.2 Å². The molecule has 0 aliphatic rings. The first kappa shape index (κ1) is 17.1. The summed E-state index contributed by atoms with van der Waals surface area (Å²) < 4.78 is 27.0. The van der Waals surface area contributed by atoms with E-state index in [1.165, 1.54) is 25.4 Å². The van der Waals surface area contributed by atoms with Gasteiger partial charge in [-0.05, 0) is 34.8 Å². The number of carbonyl (C=O) groups is 1. The van der Waals surface area contributed by atoms with Gasteiger partial charge >= 0.3 is 0 Å². The van der Waals surface area contributed by atoms with Crippen molar-refractivity contribution in [3.8, 4) is 0 Å². The average Bonchev–Trinajstić information content (AvgIpc) is 2.35. The Morgan fingerprint density at radius 2 is 2.00 bits per heavy atom. The van der Waals surface area contributed by atoms with E-state index < -0.39 is 16.1 Å². The standard InChI is InChI=1S/C12H18BrN3O3S/c1-8(2)5-15-12(17)9(3)16-20(18,19)11-4-10(13)6-14-7-11/h4,6-9,16H,5H2,1-3H3,(H,15,17). The van der Waals surface area contributed by atoms with E-state index >= 15 is 0 Å². The fourth-order valence-electron chi connectivity index (χ4n) is 1.35. The lowest BCUT2D eigenvalue weighted by atomic mass is 10.2. The number of nitrogens with zero attached hydrogens (tertiary/aromatic N) is 1. The van der Waals surface area contributed by atoms with Crippen molar-refractivity contribution in [3.63, 3.8) is 0 Å². The average molecular weight is 364 g/mol. The monoisotopic (exact) mass is 363 g/mol. The minimum absolute atomic E-state index is 0.00962. The highest BCUT2D eigenvalue weighted by Gasteiger charge is 2.22. The number of aromatic nitrogens is 1. The number of amides is 1. The molecule has 1 aromatic heterocycles. The van der Waals surface area contributed by atoms with Crippen molar-refractivity contribution in [2.45, 2.75) is 31.7 Å². The van der Waals surface area contributed by atoms with Gasteiger partial charge in [0.15, 0.2) is 0 Å². The van der Waals surface area contributed by atoms with E-state index in [0.717, 1.165) is 0 Å². The van der Waals surface area contributed by atoms with Gasteiger partial charge in [0, 0.05) is 23.4 Å². The Hall–Kier alpha value is -0.990. The number of rotatable bonds is 6. The van der Waals surface area contributed by atoms with E-state index in [1.54, 1.807) is 0 Å². The third kappa shape index (κ3) is 5.18. The van der Waals surface area contributed by atoms with Crippen molar-refractivity contribution in [1.82, 2.24) is 15.0 Å². The zero-order valence-corrected chi connectivity index (χ0v) is 14.0. The summed E-state index contributed by atoms with van der Waals surface area (Å²) in [6.45, 7) is 5.92. The zero-order valence-electron chi connectivity index (χ0n) is 11.6. The maximum atomic E-state index is 12.1. The quantitative estimate of drug-likeness (QED) is 0.796. The lowest BCUT2D eigenvalue weighted by Gasteiger charge is -2.15. The molecular weight excluding hydrogens is 346 g/mol. The largest absolute Gasteiger partial charge is 0.354 e. The maximum Gasteiger partial charge on any atom is 0.242 e.